The fraction of sp³-hybridized carbons (Fsp3) is 0.476. The van der Waals surface area contributed by atoms with Gasteiger partial charge in [0, 0.05) is 23.7 Å². The molecule has 0 saturated carbocycles. The van der Waals surface area contributed by atoms with Crippen molar-refractivity contribution in [2.45, 2.75) is 61.8 Å². The number of sulfonamides is 1. The average Bonchev–Trinajstić information content (AvgIpc) is 3.29. The molecule has 34 heavy (non-hydrogen) atoms. The van der Waals surface area contributed by atoms with Gasteiger partial charge in [-0.1, -0.05) is 0 Å². The number of urea groups is 1. The van der Waals surface area contributed by atoms with Crippen LogP contribution in [0.4, 0.5) is 9.93 Å². The van der Waals surface area contributed by atoms with Crippen molar-refractivity contribution in [3.63, 3.8) is 0 Å². The number of carboxylic acid groups (broad SMARTS) is 1. The van der Waals surface area contributed by atoms with E-state index in [0.717, 1.165) is 4.31 Å². The first-order valence-corrected chi connectivity index (χ1v) is 13.1. The zero-order valence-corrected chi connectivity index (χ0v) is 20.2. The molecule has 3 atom stereocenters. The minimum Gasteiger partial charge on any atom is -0.485 e. The number of piperidine rings is 1. The van der Waals surface area contributed by atoms with E-state index in [9.17, 15) is 28.2 Å². The zero-order chi connectivity index (χ0) is 24.7. The number of fused-ring (bicyclic) bond motifs is 1. The summed E-state index contributed by atoms with van der Waals surface area (Å²) < 4.78 is 33.7. The number of nitrogens with zero attached hydrogens (tertiary/aromatic N) is 2. The fourth-order valence-corrected chi connectivity index (χ4v) is 6.44. The van der Waals surface area contributed by atoms with Crippen LogP contribution in [-0.4, -0.2) is 64.2 Å². The molecule has 2 aliphatic rings. The quantitative estimate of drug-likeness (QED) is 0.476. The summed E-state index contributed by atoms with van der Waals surface area (Å²) in [6.45, 7) is 3.41. The smallest absolute Gasteiger partial charge is 0.322 e. The van der Waals surface area contributed by atoms with Gasteiger partial charge >= 0.3 is 12.0 Å². The van der Waals surface area contributed by atoms with E-state index in [4.69, 9.17) is 4.74 Å². The Morgan fingerprint density at radius 1 is 1.29 bits per heavy atom. The molecule has 3 heterocycles. The number of aliphatic hydroxyl groups excluding tert-OH is 1. The SMILES string of the molecule is CC1(C)Oc2ccc(S(=O)(=O)N3CCCCC3C(=O)O)cc2C(NC(=O)Nc2nccs2)C1O. The van der Waals surface area contributed by atoms with Gasteiger partial charge in [-0.3, -0.25) is 10.1 Å². The van der Waals surface area contributed by atoms with Crippen molar-refractivity contribution in [2.75, 3.05) is 11.9 Å². The molecule has 0 aliphatic carbocycles. The minimum absolute atomic E-state index is 0.0977. The highest BCUT2D eigenvalue weighted by Gasteiger charge is 2.45. The largest absolute Gasteiger partial charge is 0.485 e. The van der Waals surface area contributed by atoms with Gasteiger partial charge in [0.15, 0.2) is 5.13 Å². The first-order chi connectivity index (χ1) is 16.0. The van der Waals surface area contributed by atoms with E-state index >= 15 is 0 Å². The van der Waals surface area contributed by atoms with Gasteiger partial charge in [-0.05, 0) is 51.3 Å². The number of anilines is 1. The van der Waals surface area contributed by atoms with Crippen LogP contribution < -0.4 is 15.4 Å². The predicted molar refractivity (Wildman–Crippen MR) is 123 cm³/mol. The van der Waals surface area contributed by atoms with Crippen molar-refractivity contribution in [1.29, 1.82) is 0 Å². The van der Waals surface area contributed by atoms with Crippen LogP contribution in [0.25, 0.3) is 0 Å². The third-order valence-corrected chi connectivity index (χ3v) is 8.59. The van der Waals surface area contributed by atoms with Crippen LogP contribution in [0.3, 0.4) is 0 Å². The number of amides is 2. The Kier molecular flexibility index (Phi) is 6.55. The molecule has 11 nitrogen and oxygen atoms in total. The van der Waals surface area contributed by atoms with Gasteiger partial charge < -0.3 is 20.3 Å². The highest BCUT2D eigenvalue weighted by Crippen LogP contribution is 2.41. The summed E-state index contributed by atoms with van der Waals surface area (Å²) in [6.07, 6.45) is 1.75. The number of aliphatic hydroxyl groups is 1. The predicted octanol–water partition coefficient (Wildman–Crippen LogP) is 2.17. The average molecular weight is 511 g/mol. The molecule has 1 aromatic heterocycles. The number of ether oxygens (including phenoxy) is 1. The molecule has 0 spiro atoms. The van der Waals surface area contributed by atoms with Gasteiger partial charge in [-0.2, -0.15) is 4.31 Å². The van der Waals surface area contributed by atoms with Crippen molar-refractivity contribution < 1.29 is 33.0 Å². The lowest BCUT2D eigenvalue weighted by molar-refractivity contribution is -0.142. The first kappa shape index (κ1) is 24.4. The number of hydrogen-bond acceptors (Lipinski definition) is 8. The van der Waals surface area contributed by atoms with Gasteiger partial charge in [-0.25, -0.2) is 18.2 Å². The molecule has 184 valence electrons. The molecule has 2 aliphatic heterocycles. The number of carboxylic acids is 1. The monoisotopic (exact) mass is 510 g/mol. The molecule has 13 heteroatoms. The zero-order valence-electron chi connectivity index (χ0n) is 18.6. The maximum atomic E-state index is 13.4. The fourth-order valence-electron chi connectivity index (χ4n) is 4.23. The molecular formula is C21H26N4O7S2. The highest BCUT2D eigenvalue weighted by molar-refractivity contribution is 7.89. The van der Waals surface area contributed by atoms with Crippen LogP contribution in [0.2, 0.25) is 0 Å². The summed E-state index contributed by atoms with van der Waals surface area (Å²) in [6, 6.07) is 1.37. The maximum absolute atomic E-state index is 13.4. The first-order valence-electron chi connectivity index (χ1n) is 10.7. The summed E-state index contributed by atoms with van der Waals surface area (Å²) in [5.74, 6) is -0.887. The van der Waals surface area contributed by atoms with E-state index < -0.39 is 45.8 Å². The molecule has 4 N–H and O–H groups in total. The lowest BCUT2D eigenvalue weighted by Gasteiger charge is -2.42. The summed E-state index contributed by atoms with van der Waals surface area (Å²) in [5, 5.41) is 27.8. The van der Waals surface area contributed by atoms with Gasteiger partial charge in [0.2, 0.25) is 10.0 Å². The standard InChI is InChI=1S/C21H26N4O7S2/c1-21(2)17(26)16(23-19(29)24-20-22-8-10-33-20)13-11-12(6-7-15(13)32-21)34(30,31)25-9-4-3-5-14(25)18(27)28/h6-8,10-11,14,16-17,26H,3-5,9H2,1-2H3,(H,27,28)(H2,22,23,24,29). The van der Waals surface area contributed by atoms with Crippen LogP contribution in [-0.2, 0) is 14.8 Å². The van der Waals surface area contributed by atoms with Crippen molar-refractivity contribution in [2.24, 2.45) is 0 Å². The summed E-state index contributed by atoms with van der Waals surface area (Å²) in [7, 11) is -4.15. The second kappa shape index (κ2) is 9.13. The lowest BCUT2D eigenvalue weighted by Crippen LogP contribution is -2.54. The Morgan fingerprint density at radius 2 is 2.06 bits per heavy atom. The van der Waals surface area contributed by atoms with Crippen molar-refractivity contribution >= 4 is 38.5 Å². The van der Waals surface area contributed by atoms with E-state index in [1.165, 1.54) is 35.7 Å². The van der Waals surface area contributed by atoms with Crippen LogP contribution >= 0.6 is 11.3 Å². The van der Waals surface area contributed by atoms with Gasteiger partial charge in [0.1, 0.15) is 23.5 Å². The second-order valence-electron chi connectivity index (χ2n) is 8.73. The Hall–Kier alpha value is -2.74. The normalized spacial score (nSPS) is 24.5. The minimum atomic E-state index is -4.15. The summed E-state index contributed by atoms with van der Waals surface area (Å²) in [4.78, 5) is 28.1. The highest BCUT2D eigenvalue weighted by atomic mass is 32.2. The molecular weight excluding hydrogens is 484 g/mol. The molecule has 1 fully saturated rings. The molecule has 4 rings (SSSR count). The Balaban J connectivity index is 1.69. The Bertz CT molecular complexity index is 1180. The van der Waals surface area contributed by atoms with Crippen LogP contribution in [0.1, 0.15) is 44.7 Å². The van der Waals surface area contributed by atoms with Crippen LogP contribution in [0.15, 0.2) is 34.7 Å². The number of aromatic nitrogens is 1. The van der Waals surface area contributed by atoms with Crippen LogP contribution in [0, 0.1) is 0 Å². The van der Waals surface area contributed by atoms with Crippen molar-refractivity contribution in [3.8, 4) is 5.75 Å². The lowest BCUT2D eigenvalue weighted by atomic mass is 9.86. The number of hydrogen-bond donors (Lipinski definition) is 4. The summed E-state index contributed by atoms with van der Waals surface area (Å²) in [5.41, 5.74) is -0.806. The number of aliphatic carboxylic acids is 1. The Morgan fingerprint density at radius 3 is 2.74 bits per heavy atom. The van der Waals surface area contributed by atoms with Gasteiger partial charge in [0.05, 0.1) is 10.9 Å². The number of thiazole rings is 1. The second-order valence-corrected chi connectivity index (χ2v) is 11.5. The number of benzene rings is 1. The number of rotatable bonds is 5. The maximum Gasteiger partial charge on any atom is 0.322 e. The van der Waals surface area contributed by atoms with Gasteiger partial charge in [-0.15, -0.1) is 11.3 Å². The third-order valence-electron chi connectivity index (χ3n) is 6.00. The molecule has 1 aromatic carbocycles. The van der Waals surface area contributed by atoms with Crippen molar-refractivity contribution in [3.05, 3.63) is 35.3 Å². The van der Waals surface area contributed by atoms with Crippen LogP contribution in [0.5, 0.6) is 5.75 Å². The Labute approximate surface area is 200 Å². The number of carbonyl (C=O) groups is 2. The van der Waals surface area contributed by atoms with Crippen molar-refractivity contribution in [1.82, 2.24) is 14.6 Å². The molecule has 0 bridgehead atoms. The third kappa shape index (κ3) is 4.60. The topological polar surface area (TPSA) is 158 Å². The molecule has 0 radical (unpaired) electrons. The van der Waals surface area contributed by atoms with E-state index in [2.05, 4.69) is 15.6 Å². The van der Waals surface area contributed by atoms with E-state index in [-0.39, 0.29) is 23.4 Å². The molecule has 3 unspecified atom stereocenters. The van der Waals surface area contributed by atoms with E-state index in [1.54, 1.807) is 19.2 Å². The number of carbonyl (C=O) groups excluding carboxylic acids is 1. The molecule has 2 aromatic rings. The van der Waals surface area contributed by atoms with E-state index in [1.807, 2.05) is 0 Å². The van der Waals surface area contributed by atoms with E-state index in [0.29, 0.717) is 23.7 Å². The number of nitrogens with one attached hydrogen (secondary N) is 2. The molecule has 1 saturated heterocycles. The summed E-state index contributed by atoms with van der Waals surface area (Å²) >= 11 is 1.22. The molecule has 2 amide bonds. The van der Waals surface area contributed by atoms with Gasteiger partial charge in [0.25, 0.3) is 0 Å².